The van der Waals surface area contributed by atoms with Crippen molar-refractivity contribution in [1.82, 2.24) is 0 Å². The highest BCUT2D eigenvalue weighted by molar-refractivity contribution is 6.02. The fourth-order valence-electron chi connectivity index (χ4n) is 5.37. The molecule has 0 saturated heterocycles. The fraction of sp³-hybridized carbons (Fsp3) is 0.649. The molecule has 5 nitrogen and oxygen atoms in total. The highest BCUT2D eigenvalue weighted by atomic mass is 16.5. The molecule has 0 aromatic heterocycles. The molecule has 0 bridgehead atoms. The van der Waals surface area contributed by atoms with Crippen molar-refractivity contribution in [3.8, 4) is 23.0 Å². The van der Waals surface area contributed by atoms with Crippen LogP contribution in [0.2, 0.25) is 0 Å². The Hall–Kier alpha value is -2.69. The average Bonchev–Trinajstić information content (AvgIpc) is 2.94. The van der Waals surface area contributed by atoms with Gasteiger partial charge in [-0.1, -0.05) is 72.4 Å². The summed E-state index contributed by atoms with van der Waals surface area (Å²) in [5.41, 5.74) is 2.80. The molecular weight excluding hydrogens is 524 g/mol. The standard InChI is InChI=1S/C37H58O5/c1-10-15-26(6)39-33-22-19-30(14-5)25-31(33)20-21-32(38)36-34(40-27(7)16-11-2)23-24-35(41-28(8)17-12-3)37(36)42-29(9)18-13-4/h19,22-29H,10-18,20-21H2,1-9H3. The maximum atomic E-state index is 14.2. The summed E-state index contributed by atoms with van der Waals surface area (Å²) in [5, 5.41) is 0. The quantitative estimate of drug-likeness (QED) is 0.137. The average molecular weight is 583 g/mol. The number of carbonyl (C=O) groups excluding carboxylic acids is 1. The monoisotopic (exact) mass is 582 g/mol. The van der Waals surface area contributed by atoms with Crippen LogP contribution in [-0.4, -0.2) is 30.2 Å². The Morgan fingerprint density at radius 1 is 0.619 bits per heavy atom. The zero-order valence-electron chi connectivity index (χ0n) is 28.0. The number of carbonyl (C=O) groups is 1. The summed E-state index contributed by atoms with van der Waals surface area (Å²) in [5.74, 6) is 2.57. The number of benzene rings is 2. The SMILES string of the molecule is CCCC(C)Oc1ccc(CC)cc1CCC(=O)c1c(OC(C)CCC)ccc(OC(C)CCC)c1OC(C)CCC. The predicted octanol–water partition coefficient (Wildman–Crippen LogP) is 10.3. The number of aryl methyl sites for hydroxylation is 2. The van der Waals surface area contributed by atoms with Crippen molar-refractivity contribution >= 4 is 5.78 Å². The van der Waals surface area contributed by atoms with Crippen LogP contribution in [0.25, 0.3) is 0 Å². The fourth-order valence-corrected chi connectivity index (χ4v) is 5.37. The third-order valence-corrected chi connectivity index (χ3v) is 7.60. The molecule has 0 heterocycles. The van der Waals surface area contributed by atoms with E-state index in [1.807, 2.05) is 12.1 Å². The van der Waals surface area contributed by atoms with Gasteiger partial charge in [-0.3, -0.25) is 4.79 Å². The van der Waals surface area contributed by atoms with E-state index in [1.54, 1.807) is 0 Å². The van der Waals surface area contributed by atoms with Gasteiger partial charge in [-0.05, 0) is 95.5 Å². The first-order valence-electron chi connectivity index (χ1n) is 16.7. The molecule has 0 aliphatic heterocycles. The summed E-state index contributed by atoms with van der Waals surface area (Å²) < 4.78 is 25.7. The molecule has 5 heteroatoms. The Balaban J connectivity index is 2.54. The summed E-state index contributed by atoms with van der Waals surface area (Å²) in [4.78, 5) is 14.2. The summed E-state index contributed by atoms with van der Waals surface area (Å²) in [6.45, 7) is 19.1. The Bertz CT molecular complexity index is 1080. The number of ether oxygens (including phenoxy) is 4. The molecule has 4 atom stereocenters. The molecule has 2 rings (SSSR count). The molecule has 2 aromatic rings. The van der Waals surface area contributed by atoms with Gasteiger partial charge in [0, 0.05) is 6.42 Å². The summed E-state index contributed by atoms with van der Waals surface area (Å²) in [6, 6.07) is 10.2. The van der Waals surface area contributed by atoms with Gasteiger partial charge >= 0.3 is 0 Å². The molecule has 0 fully saturated rings. The van der Waals surface area contributed by atoms with E-state index in [4.69, 9.17) is 18.9 Å². The predicted molar refractivity (Wildman–Crippen MR) is 175 cm³/mol. The van der Waals surface area contributed by atoms with E-state index in [0.29, 0.717) is 35.7 Å². The maximum Gasteiger partial charge on any atom is 0.176 e. The lowest BCUT2D eigenvalue weighted by Gasteiger charge is -2.25. The van der Waals surface area contributed by atoms with Crippen LogP contribution in [0.5, 0.6) is 23.0 Å². The second kappa shape index (κ2) is 18.8. The normalized spacial score (nSPS) is 14.1. The van der Waals surface area contributed by atoms with E-state index in [1.165, 1.54) is 5.56 Å². The number of rotatable bonds is 21. The maximum absolute atomic E-state index is 14.2. The number of hydrogen-bond acceptors (Lipinski definition) is 5. The van der Waals surface area contributed by atoms with Gasteiger partial charge in [0.1, 0.15) is 17.1 Å². The first-order valence-corrected chi connectivity index (χ1v) is 16.7. The smallest absolute Gasteiger partial charge is 0.176 e. The molecule has 236 valence electrons. The number of Topliss-reactive ketones (excluding diaryl/α,β-unsaturated/α-hetero) is 1. The molecule has 0 aliphatic carbocycles. The molecular formula is C37H58O5. The Kier molecular flexibility index (Phi) is 15.9. The van der Waals surface area contributed by atoms with Gasteiger partial charge in [-0.2, -0.15) is 0 Å². The van der Waals surface area contributed by atoms with Crippen LogP contribution in [0.1, 0.15) is 142 Å². The van der Waals surface area contributed by atoms with Gasteiger partial charge in [-0.25, -0.2) is 0 Å². The van der Waals surface area contributed by atoms with E-state index >= 15 is 0 Å². The minimum absolute atomic E-state index is 0.00421. The minimum atomic E-state index is -0.0602. The van der Waals surface area contributed by atoms with E-state index in [-0.39, 0.29) is 30.2 Å². The van der Waals surface area contributed by atoms with Crippen molar-refractivity contribution in [3.63, 3.8) is 0 Å². The lowest BCUT2D eigenvalue weighted by atomic mass is 9.98. The van der Waals surface area contributed by atoms with Crippen molar-refractivity contribution < 1.29 is 23.7 Å². The van der Waals surface area contributed by atoms with Gasteiger partial charge in [0.2, 0.25) is 0 Å². The lowest BCUT2D eigenvalue weighted by Crippen LogP contribution is -2.20. The van der Waals surface area contributed by atoms with E-state index in [9.17, 15) is 4.79 Å². The van der Waals surface area contributed by atoms with Crippen LogP contribution in [-0.2, 0) is 12.8 Å². The van der Waals surface area contributed by atoms with Gasteiger partial charge in [0.15, 0.2) is 17.3 Å². The van der Waals surface area contributed by atoms with Crippen LogP contribution in [0.4, 0.5) is 0 Å². The second-order valence-electron chi connectivity index (χ2n) is 11.9. The minimum Gasteiger partial charge on any atom is -0.490 e. The third-order valence-electron chi connectivity index (χ3n) is 7.60. The zero-order chi connectivity index (χ0) is 31.1. The lowest BCUT2D eigenvalue weighted by molar-refractivity contribution is 0.0962. The van der Waals surface area contributed by atoms with Gasteiger partial charge in [-0.15, -0.1) is 0 Å². The van der Waals surface area contributed by atoms with Gasteiger partial charge < -0.3 is 18.9 Å². The summed E-state index contributed by atoms with van der Waals surface area (Å²) in [7, 11) is 0. The molecule has 2 aromatic carbocycles. The van der Waals surface area contributed by atoms with Crippen molar-refractivity contribution in [3.05, 3.63) is 47.0 Å². The van der Waals surface area contributed by atoms with E-state index in [2.05, 4.69) is 80.5 Å². The van der Waals surface area contributed by atoms with Gasteiger partial charge in [0.05, 0.1) is 24.4 Å². The molecule has 0 radical (unpaired) electrons. The Morgan fingerprint density at radius 3 is 1.60 bits per heavy atom. The van der Waals surface area contributed by atoms with Crippen molar-refractivity contribution in [1.29, 1.82) is 0 Å². The number of ketones is 1. The summed E-state index contributed by atoms with van der Waals surface area (Å²) >= 11 is 0. The molecule has 4 unspecified atom stereocenters. The highest BCUT2D eigenvalue weighted by Gasteiger charge is 2.27. The van der Waals surface area contributed by atoms with Crippen LogP contribution >= 0.6 is 0 Å². The molecule has 0 aliphatic rings. The molecule has 42 heavy (non-hydrogen) atoms. The Morgan fingerprint density at radius 2 is 1.07 bits per heavy atom. The molecule has 0 N–H and O–H groups in total. The summed E-state index contributed by atoms with van der Waals surface area (Å²) in [6.07, 6.45) is 9.65. The van der Waals surface area contributed by atoms with Gasteiger partial charge in [0.25, 0.3) is 0 Å². The second-order valence-corrected chi connectivity index (χ2v) is 11.9. The molecule has 0 saturated carbocycles. The Labute approximate surface area is 256 Å². The molecule has 0 spiro atoms. The van der Waals surface area contributed by atoms with Crippen LogP contribution in [0, 0.1) is 0 Å². The first-order chi connectivity index (χ1) is 20.2. The van der Waals surface area contributed by atoms with E-state index < -0.39 is 0 Å². The van der Waals surface area contributed by atoms with Crippen LogP contribution < -0.4 is 18.9 Å². The zero-order valence-corrected chi connectivity index (χ0v) is 28.0. The van der Waals surface area contributed by atoms with Crippen molar-refractivity contribution in [2.75, 3.05) is 0 Å². The molecule has 0 amide bonds. The van der Waals surface area contributed by atoms with Crippen molar-refractivity contribution in [2.45, 2.75) is 157 Å². The van der Waals surface area contributed by atoms with Crippen LogP contribution in [0.3, 0.4) is 0 Å². The number of hydrogen-bond donors (Lipinski definition) is 0. The topological polar surface area (TPSA) is 54.0 Å². The largest absolute Gasteiger partial charge is 0.490 e. The first kappa shape index (κ1) is 35.5. The van der Waals surface area contributed by atoms with Crippen LogP contribution in [0.15, 0.2) is 30.3 Å². The van der Waals surface area contributed by atoms with E-state index in [0.717, 1.165) is 69.1 Å². The van der Waals surface area contributed by atoms with Crippen molar-refractivity contribution in [2.24, 2.45) is 0 Å². The highest BCUT2D eigenvalue weighted by Crippen LogP contribution is 2.41. The third kappa shape index (κ3) is 11.2.